The number of amides is 1. The maximum atomic E-state index is 13.2. The number of fused-ring (bicyclic) bond motifs is 1. The molecule has 1 aromatic heterocycles. The molecule has 0 fully saturated rings. The molecule has 0 aliphatic heterocycles. The van der Waals surface area contributed by atoms with Gasteiger partial charge in [-0.15, -0.1) is 0 Å². The summed E-state index contributed by atoms with van der Waals surface area (Å²) in [5.74, 6) is 1.37. The highest BCUT2D eigenvalue weighted by molar-refractivity contribution is 6.09. The van der Waals surface area contributed by atoms with Gasteiger partial charge >= 0.3 is 0 Å². The van der Waals surface area contributed by atoms with Crippen molar-refractivity contribution in [2.45, 2.75) is 40.7 Å². The number of ether oxygens (including phenoxy) is 2. The van der Waals surface area contributed by atoms with Crippen molar-refractivity contribution >= 4 is 22.5 Å². The third-order valence-electron chi connectivity index (χ3n) is 4.73. The van der Waals surface area contributed by atoms with Crippen molar-refractivity contribution in [3.05, 3.63) is 53.7 Å². The minimum Gasteiger partial charge on any atom is -0.494 e. The number of carbonyl (C=O) groups excluding carboxylic acids is 1. The van der Waals surface area contributed by atoms with E-state index < -0.39 is 0 Å². The van der Waals surface area contributed by atoms with Gasteiger partial charge in [-0.3, -0.25) is 4.79 Å². The van der Waals surface area contributed by atoms with Gasteiger partial charge in [0.1, 0.15) is 17.2 Å². The fourth-order valence-electron chi connectivity index (χ4n) is 3.47. The van der Waals surface area contributed by atoms with Gasteiger partial charge in [0.25, 0.3) is 5.91 Å². The van der Waals surface area contributed by atoms with E-state index in [0.717, 1.165) is 28.6 Å². The van der Waals surface area contributed by atoms with Gasteiger partial charge in [0.2, 0.25) is 0 Å². The molecule has 3 rings (SSSR count). The molecule has 5 heteroatoms. The van der Waals surface area contributed by atoms with Gasteiger partial charge in [0.15, 0.2) is 0 Å². The second-order valence-corrected chi connectivity index (χ2v) is 6.63. The molecule has 1 heterocycles. The number of para-hydroxylation sites is 2. The molecule has 3 aromatic rings. The van der Waals surface area contributed by atoms with Crippen molar-refractivity contribution in [1.29, 1.82) is 0 Å². The van der Waals surface area contributed by atoms with Crippen LogP contribution >= 0.6 is 0 Å². The van der Waals surface area contributed by atoms with E-state index in [1.807, 2.05) is 67.8 Å². The Kier molecular flexibility index (Phi) is 6.24. The first kappa shape index (κ1) is 19.8. The fraction of sp³-hybridized carbons (Fsp3) is 0.348. The molecule has 0 radical (unpaired) electrons. The average molecular weight is 380 g/mol. The third-order valence-corrected chi connectivity index (χ3v) is 4.73. The van der Waals surface area contributed by atoms with Crippen molar-refractivity contribution in [1.82, 2.24) is 4.57 Å². The Morgan fingerprint density at radius 1 is 1.07 bits per heavy atom. The van der Waals surface area contributed by atoms with Crippen LogP contribution in [0.4, 0.5) is 5.69 Å². The van der Waals surface area contributed by atoms with Crippen LogP contribution in [0, 0.1) is 6.92 Å². The zero-order chi connectivity index (χ0) is 20.1. The fourth-order valence-corrected chi connectivity index (χ4v) is 3.47. The molecule has 1 amide bonds. The second-order valence-electron chi connectivity index (χ2n) is 6.63. The Hall–Kier alpha value is -2.95. The van der Waals surface area contributed by atoms with Gasteiger partial charge in [-0.25, -0.2) is 0 Å². The van der Waals surface area contributed by atoms with Crippen molar-refractivity contribution < 1.29 is 14.3 Å². The number of anilines is 1. The molecule has 0 spiro atoms. The lowest BCUT2D eigenvalue weighted by atomic mass is 10.1. The Morgan fingerprint density at radius 2 is 1.86 bits per heavy atom. The highest BCUT2D eigenvalue weighted by Gasteiger charge is 2.21. The lowest BCUT2D eigenvalue weighted by Crippen LogP contribution is -2.18. The summed E-state index contributed by atoms with van der Waals surface area (Å²) in [5.41, 5.74) is 3.33. The van der Waals surface area contributed by atoms with Crippen LogP contribution in [0.1, 0.15) is 43.2 Å². The first-order valence-electron chi connectivity index (χ1n) is 9.89. The predicted octanol–water partition coefficient (Wildman–Crippen LogP) is 5.41. The van der Waals surface area contributed by atoms with E-state index in [2.05, 4.69) is 12.2 Å². The largest absolute Gasteiger partial charge is 0.494 e. The second kappa shape index (κ2) is 8.83. The molecule has 0 saturated carbocycles. The third kappa shape index (κ3) is 3.84. The standard InChI is InChI=1S/C23H28N2O3/c1-5-14-28-21-11-9-8-10-19(21)24-23(26)22-16(4)18-15-17(27-7-3)12-13-20(18)25(22)6-2/h8-13,15H,5-7,14H2,1-4H3,(H,24,26). The van der Waals surface area contributed by atoms with E-state index in [9.17, 15) is 4.79 Å². The van der Waals surface area contributed by atoms with Crippen LogP contribution in [0.15, 0.2) is 42.5 Å². The molecule has 28 heavy (non-hydrogen) atoms. The monoisotopic (exact) mass is 380 g/mol. The van der Waals surface area contributed by atoms with Crippen molar-refractivity contribution in [2.24, 2.45) is 0 Å². The van der Waals surface area contributed by atoms with Crippen LogP contribution in [-0.4, -0.2) is 23.7 Å². The molecule has 1 N–H and O–H groups in total. The van der Waals surface area contributed by atoms with Gasteiger partial charge in [-0.1, -0.05) is 19.1 Å². The average Bonchev–Trinajstić information content (AvgIpc) is 2.99. The summed E-state index contributed by atoms with van der Waals surface area (Å²) in [6.45, 7) is 9.98. The van der Waals surface area contributed by atoms with Gasteiger partial charge < -0.3 is 19.4 Å². The maximum Gasteiger partial charge on any atom is 0.272 e. The number of aromatic nitrogens is 1. The molecular weight excluding hydrogens is 352 g/mol. The number of aryl methyl sites for hydroxylation is 2. The molecule has 0 bridgehead atoms. The van der Waals surface area contributed by atoms with Crippen LogP contribution in [0.25, 0.3) is 10.9 Å². The van der Waals surface area contributed by atoms with E-state index in [1.54, 1.807) is 0 Å². The molecule has 2 aromatic carbocycles. The van der Waals surface area contributed by atoms with Crippen molar-refractivity contribution in [3.63, 3.8) is 0 Å². The maximum absolute atomic E-state index is 13.2. The van der Waals surface area contributed by atoms with E-state index in [1.165, 1.54) is 0 Å². The summed E-state index contributed by atoms with van der Waals surface area (Å²) in [6.07, 6.45) is 0.910. The minimum absolute atomic E-state index is 0.138. The lowest BCUT2D eigenvalue weighted by molar-refractivity contribution is 0.101. The molecule has 5 nitrogen and oxygen atoms in total. The van der Waals surface area contributed by atoms with Crippen molar-refractivity contribution in [3.8, 4) is 11.5 Å². The van der Waals surface area contributed by atoms with Crippen LogP contribution in [0.5, 0.6) is 11.5 Å². The van der Waals surface area contributed by atoms with Crippen LogP contribution < -0.4 is 14.8 Å². The molecular formula is C23H28N2O3. The predicted molar refractivity (Wildman–Crippen MR) is 114 cm³/mol. The van der Waals surface area contributed by atoms with E-state index in [-0.39, 0.29) is 5.91 Å². The quantitative estimate of drug-likeness (QED) is 0.568. The molecule has 0 aliphatic carbocycles. The summed E-state index contributed by atoms with van der Waals surface area (Å²) >= 11 is 0. The molecule has 0 atom stereocenters. The van der Waals surface area contributed by atoms with Gasteiger partial charge in [0.05, 0.1) is 18.9 Å². The first-order valence-corrected chi connectivity index (χ1v) is 9.89. The topological polar surface area (TPSA) is 52.5 Å². The Labute approximate surface area is 166 Å². The van der Waals surface area contributed by atoms with Gasteiger partial charge in [-0.2, -0.15) is 0 Å². The molecule has 0 saturated heterocycles. The smallest absolute Gasteiger partial charge is 0.272 e. The first-order chi connectivity index (χ1) is 13.6. The highest BCUT2D eigenvalue weighted by atomic mass is 16.5. The number of rotatable bonds is 8. The molecule has 148 valence electrons. The zero-order valence-electron chi connectivity index (χ0n) is 17.0. The van der Waals surface area contributed by atoms with Crippen LogP contribution in [0.2, 0.25) is 0 Å². The SMILES string of the molecule is CCCOc1ccccc1NC(=O)c1c(C)c2cc(OCC)ccc2n1CC. The highest BCUT2D eigenvalue weighted by Crippen LogP contribution is 2.31. The normalized spacial score (nSPS) is 10.9. The van der Waals surface area contributed by atoms with E-state index in [4.69, 9.17) is 9.47 Å². The van der Waals surface area contributed by atoms with E-state index in [0.29, 0.717) is 36.9 Å². The summed E-state index contributed by atoms with van der Waals surface area (Å²) < 4.78 is 13.5. The van der Waals surface area contributed by atoms with Gasteiger partial charge in [0, 0.05) is 17.4 Å². The minimum atomic E-state index is -0.138. The summed E-state index contributed by atoms with van der Waals surface area (Å²) in [5, 5.41) is 4.07. The number of benzene rings is 2. The number of hydrogen-bond acceptors (Lipinski definition) is 3. The summed E-state index contributed by atoms with van der Waals surface area (Å²) in [7, 11) is 0. The van der Waals surface area contributed by atoms with Crippen LogP contribution in [0.3, 0.4) is 0 Å². The number of carbonyl (C=O) groups is 1. The number of nitrogens with zero attached hydrogens (tertiary/aromatic N) is 1. The Morgan fingerprint density at radius 3 is 2.57 bits per heavy atom. The number of nitrogens with one attached hydrogen (secondary N) is 1. The van der Waals surface area contributed by atoms with Gasteiger partial charge in [-0.05, 0) is 63.1 Å². The van der Waals surface area contributed by atoms with E-state index >= 15 is 0 Å². The molecule has 0 aliphatic rings. The molecule has 0 unspecified atom stereocenters. The summed E-state index contributed by atoms with van der Waals surface area (Å²) in [6, 6.07) is 13.5. The summed E-state index contributed by atoms with van der Waals surface area (Å²) in [4.78, 5) is 13.2. The Balaban J connectivity index is 1.99. The zero-order valence-corrected chi connectivity index (χ0v) is 17.0. The van der Waals surface area contributed by atoms with Crippen LogP contribution in [-0.2, 0) is 6.54 Å². The Bertz CT molecular complexity index is 975. The number of hydrogen-bond donors (Lipinski definition) is 1. The van der Waals surface area contributed by atoms with Crippen molar-refractivity contribution in [2.75, 3.05) is 18.5 Å². The lowest BCUT2D eigenvalue weighted by Gasteiger charge is -2.13.